The van der Waals surface area contributed by atoms with E-state index >= 15 is 0 Å². The zero-order valence-electron chi connectivity index (χ0n) is 13.7. The Hall–Kier alpha value is -2.79. The van der Waals surface area contributed by atoms with Crippen molar-refractivity contribution in [1.29, 1.82) is 0 Å². The van der Waals surface area contributed by atoms with Gasteiger partial charge in [-0.15, -0.1) is 0 Å². The third kappa shape index (κ3) is 3.10. The average Bonchev–Trinajstić information content (AvgIpc) is 2.67. The molecule has 1 fully saturated rings. The van der Waals surface area contributed by atoms with Gasteiger partial charge in [0.1, 0.15) is 5.69 Å². The van der Waals surface area contributed by atoms with E-state index in [-0.39, 0.29) is 11.8 Å². The topological polar surface area (TPSA) is 66.3 Å². The van der Waals surface area contributed by atoms with Gasteiger partial charge in [-0.05, 0) is 22.8 Å². The van der Waals surface area contributed by atoms with Crippen LogP contribution in [0.2, 0.25) is 0 Å². The molecule has 1 N–H and O–H groups in total. The van der Waals surface area contributed by atoms with Crippen LogP contribution >= 0.6 is 0 Å². The third-order valence-corrected chi connectivity index (χ3v) is 4.85. The summed E-state index contributed by atoms with van der Waals surface area (Å²) in [6.45, 7) is 0.914. The average molecular weight is 333 g/mol. The molecule has 2 heterocycles. The summed E-state index contributed by atoms with van der Waals surface area (Å²) in [4.78, 5) is 22.1. The maximum absolute atomic E-state index is 12.5. The Kier molecular flexibility index (Phi) is 4.15. The number of aliphatic hydroxyl groups excluding tert-OH is 1. The highest BCUT2D eigenvalue weighted by Gasteiger charge is 2.32. The van der Waals surface area contributed by atoms with Gasteiger partial charge in [0.05, 0.1) is 12.3 Å². The van der Waals surface area contributed by atoms with Gasteiger partial charge in [0, 0.05) is 31.4 Å². The quantitative estimate of drug-likeness (QED) is 0.783. The number of piperidine rings is 1. The second-order valence-electron chi connectivity index (χ2n) is 6.41. The van der Waals surface area contributed by atoms with Crippen LogP contribution in [-0.4, -0.2) is 45.1 Å². The van der Waals surface area contributed by atoms with Crippen molar-refractivity contribution >= 4 is 16.7 Å². The lowest BCUT2D eigenvalue weighted by molar-refractivity contribution is 0.0377. The molecule has 25 heavy (non-hydrogen) atoms. The van der Waals surface area contributed by atoms with Crippen molar-refractivity contribution in [2.75, 3.05) is 13.1 Å². The Balaban J connectivity index is 1.52. The van der Waals surface area contributed by atoms with Gasteiger partial charge in [-0.2, -0.15) is 0 Å². The lowest BCUT2D eigenvalue weighted by Crippen LogP contribution is -2.46. The predicted octanol–water partition coefficient (Wildman–Crippen LogP) is 2.62. The number of aliphatic hydroxyl groups is 1. The first-order valence-corrected chi connectivity index (χ1v) is 8.44. The maximum atomic E-state index is 12.5. The van der Waals surface area contributed by atoms with Crippen LogP contribution in [0.5, 0.6) is 0 Å². The Morgan fingerprint density at radius 2 is 1.96 bits per heavy atom. The van der Waals surface area contributed by atoms with Crippen molar-refractivity contribution in [2.45, 2.75) is 18.4 Å². The van der Waals surface area contributed by atoms with E-state index in [1.807, 2.05) is 12.1 Å². The second-order valence-corrected chi connectivity index (χ2v) is 6.41. The number of carbonyl (C=O) groups excluding carboxylic acids is 1. The minimum Gasteiger partial charge on any atom is -0.391 e. The van der Waals surface area contributed by atoms with Crippen LogP contribution in [0.25, 0.3) is 10.8 Å². The van der Waals surface area contributed by atoms with Gasteiger partial charge in [0.25, 0.3) is 5.91 Å². The highest BCUT2D eigenvalue weighted by molar-refractivity contribution is 5.92. The molecule has 5 heteroatoms. The number of benzene rings is 2. The number of carbonyl (C=O) groups is 1. The molecule has 1 aromatic heterocycles. The SMILES string of the molecule is O=C(c1cnccn1)N1CC[C@@H](c2ccc3ccccc3c2)[C@H](O)C1. The summed E-state index contributed by atoms with van der Waals surface area (Å²) in [5, 5.41) is 13.0. The largest absolute Gasteiger partial charge is 0.391 e. The van der Waals surface area contributed by atoms with E-state index in [9.17, 15) is 9.90 Å². The second kappa shape index (κ2) is 6.61. The van der Waals surface area contributed by atoms with E-state index in [2.05, 4.69) is 40.3 Å². The zero-order chi connectivity index (χ0) is 17.2. The van der Waals surface area contributed by atoms with E-state index in [0.29, 0.717) is 18.8 Å². The van der Waals surface area contributed by atoms with Gasteiger partial charge in [-0.25, -0.2) is 4.98 Å². The first-order valence-electron chi connectivity index (χ1n) is 8.44. The van der Waals surface area contributed by atoms with Gasteiger partial charge >= 0.3 is 0 Å². The molecule has 126 valence electrons. The molecule has 1 aliphatic rings. The molecule has 1 aliphatic heterocycles. The lowest BCUT2D eigenvalue weighted by atomic mass is 9.86. The number of likely N-dealkylation sites (tertiary alicyclic amines) is 1. The Morgan fingerprint density at radius 3 is 2.72 bits per heavy atom. The Bertz CT molecular complexity index is 898. The van der Waals surface area contributed by atoms with E-state index in [0.717, 1.165) is 12.0 Å². The number of nitrogens with zero attached hydrogens (tertiary/aromatic N) is 3. The van der Waals surface area contributed by atoms with E-state index in [1.165, 1.54) is 29.4 Å². The van der Waals surface area contributed by atoms with Gasteiger partial charge < -0.3 is 10.0 Å². The maximum Gasteiger partial charge on any atom is 0.274 e. The van der Waals surface area contributed by atoms with Crippen molar-refractivity contribution in [3.05, 3.63) is 72.3 Å². The van der Waals surface area contributed by atoms with Crippen LogP contribution < -0.4 is 0 Å². The van der Waals surface area contributed by atoms with Gasteiger partial charge in [0.2, 0.25) is 0 Å². The van der Waals surface area contributed by atoms with Crippen LogP contribution in [-0.2, 0) is 0 Å². The summed E-state index contributed by atoms with van der Waals surface area (Å²) in [7, 11) is 0. The van der Waals surface area contributed by atoms with E-state index < -0.39 is 6.10 Å². The van der Waals surface area contributed by atoms with Gasteiger partial charge in [0.15, 0.2) is 0 Å². The van der Waals surface area contributed by atoms with Crippen LogP contribution in [0.15, 0.2) is 61.1 Å². The molecule has 5 nitrogen and oxygen atoms in total. The fourth-order valence-corrected chi connectivity index (χ4v) is 3.51. The molecular weight excluding hydrogens is 314 g/mol. The highest BCUT2D eigenvalue weighted by atomic mass is 16.3. The van der Waals surface area contributed by atoms with Crippen molar-refractivity contribution in [1.82, 2.24) is 14.9 Å². The Morgan fingerprint density at radius 1 is 1.12 bits per heavy atom. The monoisotopic (exact) mass is 333 g/mol. The molecule has 0 spiro atoms. The summed E-state index contributed by atoms with van der Waals surface area (Å²) in [5.74, 6) is -0.139. The van der Waals surface area contributed by atoms with E-state index in [1.54, 1.807) is 4.90 Å². The summed E-state index contributed by atoms with van der Waals surface area (Å²) in [6, 6.07) is 14.5. The van der Waals surface area contributed by atoms with Gasteiger partial charge in [-0.1, -0.05) is 42.5 Å². The molecule has 0 bridgehead atoms. The molecule has 0 saturated carbocycles. The standard InChI is InChI=1S/C20H19N3O2/c24-19-13-23(20(25)18-12-21-8-9-22-18)10-7-17(19)16-6-5-14-3-1-2-4-15(14)11-16/h1-6,8-9,11-12,17,19,24H,7,10,13H2/t17-,19+/m0/s1. The number of rotatable bonds is 2. The smallest absolute Gasteiger partial charge is 0.274 e. The number of hydrogen-bond donors (Lipinski definition) is 1. The molecule has 0 aliphatic carbocycles. The minimum atomic E-state index is -0.587. The number of fused-ring (bicyclic) bond motifs is 1. The van der Waals surface area contributed by atoms with Crippen LogP contribution in [0, 0.1) is 0 Å². The molecule has 4 rings (SSSR count). The minimum absolute atomic E-state index is 0.0375. The predicted molar refractivity (Wildman–Crippen MR) is 95.2 cm³/mol. The molecule has 3 aromatic rings. The Labute approximate surface area is 146 Å². The van der Waals surface area contributed by atoms with E-state index in [4.69, 9.17) is 0 Å². The summed E-state index contributed by atoms with van der Waals surface area (Å²) < 4.78 is 0. The fraction of sp³-hybridized carbons (Fsp3) is 0.250. The van der Waals surface area contributed by atoms with Crippen molar-refractivity contribution in [3.8, 4) is 0 Å². The van der Waals surface area contributed by atoms with Crippen molar-refractivity contribution in [3.63, 3.8) is 0 Å². The molecule has 1 saturated heterocycles. The van der Waals surface area contributed by atoms with Crippen LogP contribution in [0.3, 0.4) is 0 Å². The highest BCUT2D eigenvalue weighted by Crippen LogP contribution is 2.31. The molecule has 2 aromatic carbocycles. The zero-order valence-corrected chi connectivity index (χ0v) is 13.7. The summed E-state index contributed by atoms with van der Waals surface area (Å²) in [6.07, 6.45) is 4.65. The number of aromatic nitrogens is 2. The van der Waals surface area contributed by atoms with Crippen LogP contribution in [0.1, 0.15) is 28.4 Å². The number of β-amino-alcohol motifs (C(OH)–C–C–N with tert-alkyl or cyclic N) is 1. The molecule has 2 atom stereocenters. The molecule has 0 radical (unpaired) electrons. The fourth-order valence-electron chi connectivity index (χ4n) is 3.51. The number of amides is 1. The number of hydrogen-bond acceptors (Lipinski definition) is 4. The summed E-state index contributed by atoms with van der Waals surface area (Å²) in [5.41, 5.74) is 1.44. The van der Waals surface area contributed by atoms with Crippen molar-refractivity contribution in [2.24, 2.45) is 0 Å². The van der Waals surface area contributed by atoms with Crippen LogP contribution in [0.4, 0.5) is 0 Å². The van der Waals surface area contributed by atoms with Gasteiger partial charge in [-0.3, -0.25) is 9.78 Å². The first-order chi connectivity index (χ1) is 12.2. The lowest BCUT2D eigenvalue weighted by Gasteiger charge is -2.36. The normalized spacial score (nSPS) is 20.6. The molecule has 1 amide bonds. The third-order valence-electron chi connectivity index (χ3n) is 4.85. The first kappa shape index (κ1) is 15.7. The molecular formula is C20H19N3O2. The molecule has 0 unspecified atom stereocenters. The summed E-state index contributed by atoms with van der Waals surface area (Å²) >= 11 is 0. The van der Waals surface area contributed by atoms with Crippen molar-refractivity contribution < 1.29 is 9.90 Å².